The van der Waals surface area contributed by atoms with E-state index in [0.717, 1.165) is 24.1 Å². The number of allylic oxidation sites excluding steroid dienone is 1. The van der Waals surface area contributed by atoms with Gasteiger partial charge in [0, 0.05) is 19.5 Å². The number of carboxylic acid groups (broad SMARTS) is 1. The third kappa shape index (κ3) is 6.83. The molecule has 0 spiro atoms. The largest absolute Gasteiger partial charge is 0.493 e. The maximum Gasteiger partial charge on any atom is 0.390 e. The fraction of sp³-hybridized carbons (Fsp3) is 0.500. The molecule has 1 N–H and O–H groups in total. The molecule has 0 amide bonds. The Hall–Kier alpha value is -2.81. The van der Waals surface area contributed by atoms with Crippen LogP contribution in [-0.2, 0) is 17.6 Å². The van der Waals surface area contributed by atoms with Crippen molar-refractivity contribution >= 4 is 12.0 Å². The highest BCUT2D eigenvalue weighted by atomic mass is 19.4. The molecule has 0 saturated heterocycles. The van der Waals surface area contributed by atoms with Crippen LogP contribution in [0.25, 0.3) is 6.08 Å². The smallest absolute Gasteiger partial charge is 0.390 e. The molecule has 0 fully saturated rings. The summed E-state index contributed by atoms with van der Waals surface area (Å²) in [5.74, 6) is 0.568. The lowest BCUT2D eigenvalue weighted by atomic mass is 9.92. The molecule has 1 aliphatic heterocycles. The molecular formula is C24H29F3N2O4. The van der Waals surface area contributed by atoms with Gasteiger partial charge in [0.05, 0.1) is 18.7 Å². The molecule has 1 atom stereocenters. The van der Waals surface area contributed by atoms with E-state index in [1.807, 2.05) is 19.1 Å². The number of aliphatic carboxylic acids is 1. The van der Waals surface area contributed by atoms with Crippen molar-refractivity contribution in [2.24, 2.45) is 0 Å². The van der Waals surface area contributed by atoms with Gasteiger partial charge in [0.15, 0.2) is 0 Å². The number of halogens is 3. The molecule has 0 saturated carbocycles. The van der Waals surface area contributed by atoms with E-state index in [-0.39, 0.29) is 13.1 Å². The minimum atomic E-state index is -4.33. The van der Waals surface area contributed by atoms with E-state index < -0.39 is 24.6 Å². The number of nitrogens with zero attached hydrogens (tertiary/aromatic N) is 2. The molecule has 180 valence electrons. The lowest BCUT2D eigenvalue weighted by Crippen LogP contribution is -2.41. The molecule has 0 radical (unpaired) electrons. The summed E-state index contributed by atoms with van der Waals surface area (Å²) >= 11 is 0. The van der Waals surface area contributed by atoms with Crippen molar-refractivity contribution in [3.8, 4) is 5.75 Å². The van der Waals surface area contributed by atoms with Gasteiger partial charge < -0.3 is 14.3 Å². The van der Waals surface area contributed by atoms with E-state index in [4.69, 9.17) is 9.15 Å². The molecule has 2 aromatic rings. The summed E-state index contributed by atoms with van der Waals surface area (Å²) in [5, 5.41) is 9.72. The third-order valence-electron chi connectivity index (χ3n) is 5.59. The predicted octanol–water partition coefficient (Wildman–Crippen LogP) is 5.35. The first-order valence-corrected chi connectivity index (χ1v) is 11.1. The highest BCUT2D eigenvalue weighted by Gasteiger charge is 2.36. The van der Waals surface area contributed by atoms with Crippen LogP contribution in [0.1, 0.15) is 60.7 Å². The molecule has 1 aliphatic rings. The Morgan fingerprint density at radius 1 is 1.39 bits per heavy atom. The highest BCUT2D eigenvalue weighted by Crippen LogP contribution is 2.34. The van der Waals surface area contributed by atoms with Crippen LogP contribution in [0.3, 0.4) is 0 Å². The van der Waals surface area contributed by atoms with Gasteiger partial charge in [0.2, 0.25) is 5.89 Å². The number of carbonyl (C=O) groups is 1. The summed E-state index contributed by atoms with van der Waals surface area (Å²) in [6.45, 7) is 4.14. The Morgan fingerprint density at radius 3 is 2.88 bits per heavy atom. The lowest BCUT2D eigenvalue weighted by Gasteiger charge is -2.35. The SMILES string of the molecule is CCC/C=C/c1nc(CCOc2ccc3c(c2)C(C(=O)O)N(CCC(F)(F)F)CC3)c(C)o1. The van der Waals surface area contributed by atoms with Crippen molar-refractivity contribution in [1.29, 1.82) is 0 Å². The zero-order valence-electron chi connectivity index (χ0n) is 18.8. The average Bonchev–Trinajstić information content (AvgIpc) is 3.10. The normalized spacial score (nSPS) is 16.8. The van der Waals surface area contributed by atoms with Gasteiger partial charge in [-0.2, -0.15) is 13.2 Å². The Kier molecular flexibility index (Phi) is 8.18. The van der Waals surface area contributed by atoms with Crippen molar-refractivity contribution in [3.63, 3.8) is 0 Å². The van der Waals surface area contributed by atoms with Gasteiger partial charge >= 0.3 is 12.1 Å². The average molecular weight is 467 g/mol. The minimum Gasteiger partial charge on any atom is -0.493 e. The summed E-state index contributed by atoms with van der Waals surface area (Å²) in [6.07, 6.45) is 1.46. The molecule has 33 heavy (non-hydrogen) atoms. The van der Waals surface area contributed by atoms with Crippen molar-refractivity contribution in [2.75, 3.05) is 19.7 Å². The molecule has 6 nitrogen and oxygen atoms in total. The Morgan fingerprint density at radius 2 is 2.18 bits per heavy atom. The van der Waals surface area contributed by atoms with Gasteiger partial charge in [-0.05, 0) is 49.1 Å². The molecule has 2 heterocycles. The number of aryl methyl sites for hydroxylation is 1. The van der Waals surface area contributed by atoms with Crippen molar-refractivity contribution < 1.29 is 32.2 Å². The van der Waals surface area contributed by atoms with Crippen molar-refractivity contribution in [2.45, 2.75) is 58.2 Å². The number of alkyl halides is 3. The second-order valence-electron chi connectivity index (χ2n) is 8.10. The van der Waals surface area contributed by atoms with Crippen LogP contribution in [0.15, 0.2) is 28.7 Å². The first-order chi connectivity index (χ1) is 15.7. The van der Waals surface area contributed by atoms with Crippen LogP contribution in [0.2, 0.25) is 0 Å². The third-order valence-corrected chi connectivity index (χ3v) is 5.59. The standard InChI is InChI=1S/C24H29F3N2O4/c1-3-4-5-6-21-28-20(16(2)33-21)10-14-32-18-8-7-17-9-12-29(13-11-24(25,26)27)22(23(30)31)19(17)15-18/h5-8,15,22H,3-4,9-14H2,1-2H3,(H,30,31)/b6-5+. The first kappa shape index (κ1) is 24.8. The number of benzene rings is 1. The van der Waals surface area contributed by atoms with E-state index >= 15 is 0 Å². The molecule has 1 aromatic carbocycles. The maximum absolute atomic E-state index is 12.7. The fourth-order valence-corrected chi connectivity index (χ4v) is 3.91. The number of rotatable bonds is 10. The van der Waals surface area contributed by atoms with E-state index in [0.29, 0.717) is 42.4 Å². The summed E-state index contributed by atoms with van der Waals surface area (Å²) in [5.41, 5.74) is 2.08. The number of hydrogen-bond donors (Lipinski definition) is 1. The molecule has 9 heteroatoms. The molecular weight excluding hydrogens is 437 g/mol. The van der Waals surface area contributed by atoms with Crippen LogP contribution in [0.4, 0.5) is 13.2 Å². The van der Waals surface area contributed by atoms with Gasteiger partial charge in [-0.3, -0.25) is 9.69 Å². The van der Waals surface area contributed by atoms with Crippen molar-refractivity contribution in [3.05, 3.63) is 52.7 Å². The predicted molar refractivity (Wildman–Crippen MR) is 117 cm³/mol. The number of aromatic nitrogens is 1. The Balaban J connectivity index is 1.66. The van der Waals surface area contributed by atoms with Crippen LogP contribution < -0.4 is 4.74 Å². The lowest BCUT2D eigenvalue weighted by molar-refractivity contribution is -0.151. The Labute approximate surface area is 191 Å². The van der Waals surface area contributed by atoms with Crippen LogP contribution >= 0.6 is 0 Å². The monoisotopic (exact) mass is 466 g/mol. The molecule has 0 bridgehead atoms. The van der Waals surface area contributed by atoms with Gasteiger partial charge in [-0.25, -0.2) is 4.98 Å². The van der Waals surface area contributed by atoms with Gasteiger partial charge in [-0.15, -0.1) is 0 Å². The zero-order valence-corrected chi connectivity index (χ0v) is 18.8. The summed E-state index contributed by atoms with van der Waals surface area (Å²) in [6, 6.07) is 4.05. The number of unbranched alkanes of at least 4 members (excludes halogenated alkanes) is 1. The number of fused-ring (bicyclic) bond motifs is 1. The fourth-order valence-electron chi connectivity index (χ4n) is 3.91. The van der Waals surface area contributed by atoms with Gasteiger partial charge in [0.25, 0.3) is 0 Å². The van der Waals surface area contributed by atoms with Crippen LogP contribution in [-0.4, -0.2) is 46.8 Å². The molecule has 1 aromatic heterocycles. The molecule has 3 rings (SSSR count). The van der Waals surface area contributed by atoms with Crippen LogP contribution in [0.5, 0.6) is 5.75 Å². The molecule has 1 unspecified atom stereocenters. The highest BCUT2D eigenvalue weighted by molar-refractivity contribution is 5.77. The zero-order chi connectivity index (χ0) is 24.0. The van der Waals surface area contributed by atoms with Gasteiger partial charge in [-0.1, -0.05) is 25.5 Å². The first-order valence-electron chi connectivity index (χ1n) is 11.1. The van der Waals surface area contributed by atoms with E-state index in [9.17, 15) is 23.1 Å². The van der Waals surface area contributed by atoms with Crippen LogP contribution in [0, 0.1) is 6.92 Å². The summed E-state index contributed by atoms with van der Waals surface area (Å²) in [7, 11) is 0. The van der Waals surface area contributed by atoms with E-state index in [2.05, 4.69) is 11.9 Å². The second-order valence-corrected chi connectivity index (χ2v) is 8.10. The van der Waals surface area contributed by atoms with Crippen molar-refractivity contribution in [1.82, 2.24) is 9.88 Å². The Bertz CT molecular complexity index is 985. The molecule has 0 aliphatic carbocycles. The second kappa shape index (κ2) is 10.9. The minimum absolute atomic E-state index is 0.265. The topological polar surface area (TPSA) is 75.8 Å². The van der Waals surface area contributed by atoms with E-state index in [1.54, 1.807) is 18.2 Å². The summed E-state index contributed by atoms with van der Waals surface area (Å²) < 4.78 is 49.5. The van der Waals surface area contributed by atoms with Gasteiger partial charge in [0.1, 0.15) is 17.6 Å². The number of hydrogen-bond acceptors (Lipinski definition) is 5. The van der Waals surface area contributed by atoms with E-state index in [1.165, 1.54) is 4.90 Å². The quantitative estimate of drug-likeness (QED) is 0.509. The number of carboxylic acids is 1. The maximum atomic E-state index is 12.7. The number of ether oxygens (including phenoxy) is 1. The summed E-state index contributed by atoms with van der Waals surface area (Å²) in [4.78, 5) is 17.7. The number of oxazole rings is 1.